The highest BCUT2D eigenvalue weighted by molar-refractivity contribution is 7.89. The van der Waals surface area contributed by atoms with E-state index in [0.29, 0.717) is 30.2 Å². The van der Waals surface area contributed by atoms with Gasteiger partial charge in [-0.15, -0.1) is 0 Å². The first kappa shape index (κ1) is 15.6. The van der Waals surface area contributed by atoms with Gasteiger partial charge in [-0.1, -0.05) is 18.3 Å². The molecule has 1 aromatic rings. The lowest BCUT2D eigenvalue weighted by atomic mass is 10.1. The first-order chi connectivity index (χ1) is 9.32. The molecule has 1 aliphatic rings. The fourth-order valence-electron chi connectivity index (χ4n) is 2.08. The number of rotatable bonds is 3. The van der Waals surface area contributed by atoms with Crippen LogP contribution in [-0.2, 0) is 20.8 Å². The Bertz CT molecular complexity index is 661. The first-order valence-electron chi connectivity index (χ1n) is 6.08. The Hall–Kier alpha value is -0.830. The third-order valence-electron chi connectivity index (χ3n) is 3.24. The lowest BCUT2D eigenvalue weighted by Crippen LogP contribution is -2.41. The minimum absolute atomic E-state index is 0.225. The van der Waals surface area contributed by atoms with Crippen molar-refractivity contribution in [1.82, 2.24) is 4.31 Å². The van der Waals surface area contributed by atoms with Gasteiger partial charge in [-0.3, -0.25) is 4.21 Å². The van der Waals surface area contributed by atoms with Crippen LogP contribution in [0.25, 0.3) is 0 Å². The summed E-state index contributed by atoms with van der Waals surface area (Å²) in [6, 6.07) is 4.73. The summed E-state index contributed by atoms with van der Waals surface area (Å²) in [6.45, 7) is 2.37. The van der Waals surface area contributed by atoms with Crippen LogP contribution < -0.4 is 5.73 Å². The van der Waals surface area contributed by atoms with Crippen LogP contribution in [0, 0.1) is 6.92 Å². The maximum absolute atomic E-state index is 12.5. The van der Waals surface area contributed by atoms with Gasteiger partial charge < -0.3 is 5.73 Å². The smallest absolute Gasteiger partial charge is 0.243 e. The van der Waals surface area contributed by atoms with Crippen LogP contribution in [0.5, 0.6) is 0 Å². The molecule has 110 valence electrons. The molecule has 1 aliphatic heterocycles. The number of sulfonamides is 1. The molecule has 0 aromatic heterocycles. The number of nitrogens with two attached hydrogens (primary N) is 1. The molecule has 0 unspecified atom stereocenters. The van der Waals surface area contributed by atoms with Crippen molar-refractivity contribution in [2.24, 2.45) is 5.73 Å². The van der Waals surface area contributed by atoms with E-state index in [1.165, 1.54) is 10.4 Å². The molecule has 2 rings (SSSR count). The van der Waals surface area contributed by atoms with Crippen LogP contribution in [0.4, 0.5) is 0 Å². The highest BCUT2D eigenvalue weighted by atomic mass is 32.2. The van der Waals surface area contributed by atoms with E-state index in [0.717, 1.165) is 5.56 Å². The van der Waals surface area contributed by atoms with Gasteiger partial charge in [-0.2, -0.15) is 4.31 Å². The average molecular weight is 332 g/mol. The summed E-state index contributed by atoms with van der Waals surface area (Å²) in [5, 5.41) is 0. The Morgan fingerprint density at radius 3 is 2.45 bits per heavy atom. The summed E-state index contributed by atoms with van der Waals surface area (Å²) in [5.41, 5.74) is 6.98. The fraction of sp³-hybridized carbons (Fsp3) is 0.417. The van der Waals surface area contributed by atoms with Gasteiger partial charge >= 0.3 is 0 Å². The second-order valence-electron chi connectivity index (χ2n) is 4.59. The van der Waals surface area contributed by atoms with Gasteiger partial charge in [-0.05, 0) is 24.6 Å². The minimum atomic E-state index is -3.54. The Labute approximate surface area is 126 Å². The summed E-state index contributed by atoms with van der Waals surface area (Å²) < 4.78 is 37.7. The predicted molar refractivity (Wildman–Crippen MR) is 83.7 cm³/mol. The van der Waals surface area contributed by atoms with Gasteiger partial charge in [0, 0.05) is 41.0 Å². The van der Waals surface area contributed by atoms with Gasteiger partial charge in [0.05, 0.1) is 4.90 Å². The van der Waals surface area contributed by atoms with Gasteiger partial charge in [0.25, 0.3) is 0 Å². The molecule has 0 aliphatic carbocycles. The largest absolute Gasteiger partial charge is 0.389 e. The monoisotopic (exact) mass is 332 g/mol. The summed E-state index contributed by atoms with van der Waals surface area (Å²) in [6.07, 6.45) is 0. The maximum Gasteiger partial charge on any atom is 0.243 e. The number of benzene rings is 1. The SMILES string of the molecule is Cc1cc(S(=O)(=O)N2CCS(=O)CC2)ccc1C(N)=S. The molecular formula is C12H16N2O3S3. The van der Waals surface area contributed by atoms with Crippen molar-refractivity contribution in [3.63, 3.8) is 0 Å². The van der Waals surface area contributed by atoms with Gasteiger partial charge in [0.2, 0.25) is 10.0 Å². The zero-order valence-corrected chi connectivity index (χ0v) is 13.5. The highest BCUT2D eigenvalue weighted by Crippen LogP contribution is 2.20. The molecule has 20 heavy (non-hydrogen) atoms. The van der Waals surface area contributed by atoms with Crippen molar-refractivity contribution in [3.8, 4) is 0 Å². The number of aryl methyl sites for hydroxylation is 1. The zero-order valence-electron chi connectivity index (χ0n) is 11.0. The minimum Gasteiger partial charge on any atom is -0.389 e. The van der Waals surface area contributed by atoms with E-state index in [1.54, 1.807) is 19.1 Å². The van der Waals surface area contributed by atoms with Crippen molar-refractivity contribution in [1.29, 1.82) is 0 Å². The molecule has 0 radical (unpaired) electrons. The Balaban J connectivity index is 2.33. The molecule has 1 heterocycles. The molecule has 0 amide bonds. The van der Waals surface area contributed by atoms with Crippen molar-refractivity contribution in [2.75, 3.05) is 24.6 Å². The van der Waals surface area contributed by atoms with Gasteiger partial charge in [0.1, 0.15) is 4.99 Å². The second kappa shape index (κ2) is 5.88. The number of hydrogen-bond acceptors (Lipinski definition) is 4. The third kappa shape index (κ3) is 3.08. The summed E-state index contributed by atoms with van der Waals surface area (Å²) in [5.74, 6) is 0.784. The lowest BCUT2D eigenvalue weighted by Gasteiger charge is -2.25. The predicted octanol–water partition coefficient (Wildman–Crippen LogP) is 0.382. The van der Waals surface area contributed by atoms with E-state index < -0.39 is 20.8 Å². The lowest BCUT2D eigenvalue weighted by molar-refractivity contribution is 0.438. The van der Waals surface area contributed by atoms with Crippen molar-refractivity contribution in [3.05, 3.63) is 29.3 Å². The van der Waals surface area contributed by atoms with E-state index in [4.69, 9.17) is 18.0 Å². The van der Waals surface area contributed by atoms with Crippen LogP contribution in [0.3, 0.4) is 0 Å². The standard InChI is InChI=1S/C12H16N2O3S3/c1-9-8-10(2-3-11(9)12(13)18)20(16,17)14-4-6-19(15)7-5-14/h2-3,8H,4-7H2,1H3,(H2,13,18). The van der Waals surface area contributed by atoms with Crippen molar-refractivity contribution >= 4 is 38.0 Å². The molecule has 8 heteroatoms. The van der Waals surface area contributed by atoms with Crippen LogP contribution in [0.15, 0.2) is 23.1 Å². The topological polar surface area (TPSA) is 80.5 Å². The molecule has 0 saturated carbocycles. The first-order valence-corrected chi connectivity index (χ1v) is 9.41. The van der Waals surface area contributed by atoms with Crippen LogP contribution in [0.1, 0.15) is 11.1 Å². The molecular weight excluding hydrogens is 316 g/mol. The third-order valence-corrected chi connectivity index (χ3v) is 6.63. The second-order valence-corrected chi connectivity index (χ2v) is 8.67. The normalized spacial score (nSPS) is 18.1. The molecule has 1 saturated heterocycles. The fourth-order valence-corrected chi connectivity index (χ4v) is 5.12. The number of nitrogens with zero attached hydrogens (tertiary/aromatic N) is 1. The average Bonchev–Trinajstić information content (AvgIpc) is 2.38. The van der Waals surface area contributed by atoms with Crippen molar-refractivity contribution < 1.29 is 12.6 Å². The maximum atomic E-state index is 12.5. The summed E-state index contributed by atoms with van der Waals surface area (Å²) >= 11 is 4.91. The molecule has 2 N–H and O–H groups in total. The summed E-state index contributed by atoms with van der Waals surface area (Å²) in [4.78, 5) is 0.475. The number of hydrogen-bond donors (Lipinski definition) is 1. The highest BCUT2D eigenvalue weighted by Gasteiger charge is 2.28. The van der Waals surface area contributed by atoms with E-state index >= 15 is 0 Å². The zero-order chi connectivity index (χ0) is 14.9. The molecule has 1 aromatic carbocycles. The molecule has 0 bridgehead atoms. The van der Waals surface area contributed by atoms with Gasteiger partial charge in [-0.25, -0.2) is 8.42 Å². The molecule has 1 fully saturated rings. The van der Waals surface area contributed by atoms with Gasteiger partial charge in [0.15, 0.2) is 0 Å². The Kier molecular flexibility index (Phi) is 4.58. The Morgan fingerprint density at radius 1 is 1.35 bits per heavy atom. The Morgan fingerprint density at radius 2 is 1.95 bits per heavy atom. The van der Waals surface area contributed by atoms with Crippen LogP contribution >= 0.6 is 12.2 Å². The van der Waals surface area contributed by atoms with E-state index in [-0.39, 0.29) is 9.88 Å². The van der Waals surface area contributed by atoms with Crippen LogP contribution in [0.2, 0.25) is 0 Å². The molecule has 5 nitrogen and oxygen atoms in total. The van der Waals surface area contributed by atoms with E-state index in [1.807, 2.05) is 0 Å². The molecule has 0 spiro atoms. The quantitative estimate of drug-likeness (QED) is 0.810. The number of thiocarbonyl (C=S) groups is 1. The van der Waals surface area contributed by atoms with E-state index in [9.17, 15) is 12.6 Å². The molecule has 0 atom stereocenters. The van der Waals surface area contributed by atoms with Crippen LogP contribution in [-0.4, -0.2) is 46.5 Å². The van der Waals surface area contributed by atoms with Crippen molar-refractivity contribution in [2.45, 2.75) is 11.8 Å². The van der Waals surface area contributed by atoms with E-state index in [2.05, 4.69) is 0 Å². The summed E-state index contributed by atoms with van der Waals surface area (Å²) in [7, 11) is -4.44.